The van der Waals surface area contributed by atoms with Crippen molar-refractivity contribution in [3.63, 3.8) is 0 Å². The number of nitrogens with zero attached hydrogens (tertiary/aromatic N) is 2. The Labute approximate surface area is 201 Å². The minimum atomic E-state index is -0.594. The second kappa shape index (κ2) is 11.3. The van der Waals surface area contributed by atoms with E-state index in [1.165, 1.54) is 5.39 Å². The van der Waals surface area contributed by atoms with E-state index < -0.39 is 12.1 Å². The van der Waals surface area contributed by atoms with E-state index in [1.807, 2.05) is 47.5 Å². The van der Waals surface area contributed by atoms with Crippen molar-refractivity contribution in [3.05, 3.63) is 83.9 Å². The molecule has 1 heterocycles. The molecule has 1 fully saturated rings. The Hall–Kier alpha value is -3.22. The van der Waals surface area contributed by atoms with E-state index in [0.29, 0.717) is 12.8 Å². The minimum absolute atomic E-state index is 0.0897. The van der Waals surface area contributed by atoms with Crippen LogP contribution in [0.5, 0.6) is 0 Å². The summed E-state index contributed by atoms with van der Waals surface area (Å²) in [6.45, 7) is 1.70. The number of likely N-dealkylation sites (N-methyl/N-ethyl adjacent to an activating group) is 2. The number of rotatable bonds is 9. The summed E-state index contributed by atoms with van der Waals surface area (Å²) < 4.78 is 0. The van der Waals surface area contributed by atoms with Crippen LogP contribution in [0.1, 0.15) is 24.0 Å². The van der Waals surface area contributed by atoms with E-state index >= 15 is 0 Å². The summed E-state index contributed by atoms with van der Waals surface area (Å²) in [5, 5.41) is 7.47. The molecule has 0 saturated carbocycles. The van der Waals surface area contributed by atoms with Gasteiger partial charge in [0.1, 0.15) is 6.04 Å². The first-order valence-corrected chi connectivity index (χ1v) is 12.1. The summed E-state index contributed by atoms with van der Waals surface area (Å²) in [4.78, 5) is 28.5. The van der Waals surface area contributed by atoms with Gasteiger partial charge in [0, 0.05) is 26.6 Å². The van der Waals surface area contributed by atoms with E-state index in [9.17, 15) is 9.59 Å². The van der Waals surface area contributed by atoms with Crippen molar-refractivity contribution in [2.24, 2.45) is 0 Å². The first-order chi connectivity index (χ1) is 16.5. The minimum Gasteiger partial charge on any atom is -0.332 e. The molecule has 2 N–H and O–H groups in total. The topological polar surface area (TPSA) is 64.7 Å². The van der Waals surface area contributed by atoms with Gasteiger partial charge in [0.25, 0.3) is 5.91 Å². The van der Waals surface area contributed by atoms with Crippen molar-refractivity contribution in [1.29, 1.82) is 0 Å². The molecule has 4 rings (SSSR count). The largest absolute Gasteiger partial charge is 0.332 e. The molecule has 1 aliphatic rings. The lowest BCUT2D eigenvalue weighted by Crippen LogP contribution is -2.56. The predicted molar refractivity (Wildman–Crippen MR) is 136 cm³/mol. The Morgan fingerprint density at radius 2 is 1.56 bits per heavy atom. The highest BCUT2D eigenvalue weighted by Crippen LogP contribution is 2.18. The van der Waals surface area contributed by atoms with Gasteiger partial charge >= 0.3 is 0 Å². The zero-order valence-corrected chi connectivity index (χ0v) is 20.0. The molecular formula is C28H34N4O2. The van der Waals surface area contributed by atoms with Gasteiger partial charge in [-0.05, 0) is 48.2 Å². The maximum Gasteiger partial charge on any atom is 0.257 e. The number of nitrogens with one attached hydrogen (secondary N) is 2. The third-order valence-corrected chi connectivity index (χ3v) is 6.66. The molecule has 0 radical (unpaired) electrons. The lowest BCUT2D eigenvalue weighted by molar-refractivity contribution is -0.142. The normalized spacial score (nSPS) is 15.7. The van der Waals surface area contributed by atoms with Gasteiger partial charge in [-0.3, -0.25) is 15.0 Å². The second-order valence-corrected chi connectivity index (χ2v) is 9.05. The molecule has 0 aliphatic carbocycles. The fourth-order valence-electron chi connectivity index (χ4n) is 4.62. The van der Waals surface area contributed by atoms with Crippen LogP contribution in [0, 0.1) is 0 Å². The van der Waals surface area contributed by atoms with Crippen molar-refractivity contribution in [1.82, 2.24) is 20.7 Å². The van der Waals surface area contributed by atoms with E-state index in [-0.39, 0.29) is 11.8 Å². The van der Waals surface area contributed by atoms with E-state index in [4.69, 9.17) is 0 Å². The average molecular weight is 459 g/mol. The molecule has 1 saturated heterocycles. The van der Waals surface area contributed by atoms with Gasteiger partial charge in [0.2, 0.25) is 5.91 Å². The summed E-state index contributed by atoms with van der Waals surface area (Å²) in [6.07, 6.45) is 3.17. The van der Waals surface area contributed by atoms with Crippen LogP contribution in [0.4, 0.5) is 0 Å². The van der Waals surface area contributed by atoms with E-state index in [2.05, 4.69) is 41.1 Å². The molecule has 0 unspecified atom stereocenters. The zero-order chi connectivity index (χ0) is 23.9. The van der Waals surface area contributed by atoms with Crippen LogP contribution >= 0.6 is 0 Å². The maximum absolute atomic E-state index is 13.6. The van der Waals surface area contributed by atoms with Gasteiger partial charge in [-0.1, -0.05) is 72.8 Å². The first kappa shape index (κ1) is 23.9. The van der Waals surface area contributed by atoms with Crippen LogP contribution in [-0.2, 0) is 22.4 Å². The Balaban J connectivity index is 1.51. The standard InChI is InChI=1S/C28H34N4O2/c1-29-25(19-22-14-15-23-12-6-7-13-24(23)18-22)28(34)31(2)26(20-21-10-4-3-5-11-21)27(33)30-32-16-8-9-17-32/h3-7,10-15,18,25-26,29H,8-9,16-17,19-20H2,1-2H3,(H,30,33)/t25-,26-/m1/s1. The van der Waals surface area contributed by atoms with Crippen LogP contribution in [-0.4, -0.2) is 61.0 Å². The van der Waals surface area contributed by atoms with Gasteiger partial charge in [0.05, 0.1) is 6.04 Å². The van der Waals surface area contributed by atoms with Crippen molar-refractivity contribution < 1.29 is 9.59 Å². The summed E-state index contributed by atoms with van der Waals surface area (Å²) in [6, 6.07) is 23.4. The number of carbonyl (C=O) groups is 2. The molecule has 2 amide bonds. The third kappa shape index (κ3) is 5.82. The Bertz CT molecular complexity index is 1110. The fraction of sp³-hybridized carbons (Fsp3) is 0.357. The van der Waals surface area contributed by atoms with Crippen molar-refractivity contribution in [2.75, 3.05) is 27.2 Å². The summed E-state index contributed by atoms with van der Waals surface area (Å²) in [5.74, 6) is -0.227. The summed E-state index contributed by atoms with van der Waals surface area (Å²) in [7, 11) is 3.54. The van der Waals surface area contributed by atoms with Crippen LogP contribution in [0.25, 0.3) is 10.8 Å². The van der Waals surface area contributed by atoms with Crippen LogP contribution < -0.4 is 10.7 Å². The Morgan fingerprint density at radius 3 is 2.26 bits per heavy atom. The van der Waals surface area contributed by atoms with Crippen molar-refractivity contribution in [3.8, 4) is 0 Å². The summed E-state index contributed by atoms with van der Waals surface area (Å²) in [5.41, 5.74) is 5.15. The SMILES string of the molecule is CN[C@H](Cc1ccc2ccccc2c1)C(=O)N(C)[C@H](Cc1ccccc1)C(=O)NN1CCCC1. The van der Waals surface area contributed by atoms with Gasteiger partial charge in [-0.2, -0.15) is 0 Å². The van der Waals surface area contributed by atoms with Crippen LogP contribution in [0.15, 0.2) is 72.8 Å². The zero-order valence-electron chi connectivity index (χ0n) is 20.0. The first-order valence-electron chi connectivity index (χ1n) is 12.1. The lowest BCUT2D eigenvalue weighted by atomic mass is 9.99. The average Bonchev–Trinajstić information content (AvgIpc) is 3.38. The molecule has 3 aromatic rings. The predicted octanol–water partition coefficient (Wildman–Crippen LogP) is 3.17. The lowest BCUT2D eigenvalue weighted by Gasteiger charge is -2.32. The van der Waals surface area contributed by atoms with Crippen LogP contribution in [0.3, 0.4) is 0 Å². The fourth-order valence-corrected chi connectivity index (χ4v) is 4.62. The highest BCUT2D eigenvalue weighted by molar-refractivity contribution is 5.90. The number of hydrazine groups is 1. The third-order valence-electron chi connectivity index (χ3n) is 6.66. The van der Waals surface area contributed by atoms with Gasteiger partial charge in [-0.15, -0.1) is 0 Å². The molecule has 1 aliphatic heterocycles. The molecule has 0 bridgehead atoms. The Kier molecular flexibility index (Phi) is 7.93. The molecular weight excluding hydrogens is 424 g/mol. The van der Waals surface area contributed by atoms with Gasteiger partial charge < -0.3 is 10.2 Å². The molecule has 34 heavy (non-hydrogen) atoms. The Morgan fingerprint density at radius 1 is 0.882 bits per heavy atom. The van der Waals surface area contributed by atoms with Gasteiger partial charge in [0.15, 0.2) is 0 Å². The molecule has 0 spiro atoms. The molecule has 6 nitrogen and oxygen atoms in total. The second-order valence-electron chi connectivity index (χ2n) is 9.05. The van der Waals surface area contributed by atoms with E-state index in [0.717, 1.165) is 42.4 Å². The highest BCUT2D eigenvalue weighted by Gasteiger charge is 2.32. The molecule has 0 aromatic heterocycles. The number of hydrogen-bond acceptors (Lipinski definition) is 4. The van der Waals surface area contributed by atoms with E-state index in [1.54, 1.807) is 19.0 Å². The molecule has 6 heteroatoms. The molecule has 178 valence electrons. The number of hydrogen-bond donors (Lipinski definition) is 2. The van der Waals surface area contributed by atoms with Crippen molar-refractivity contribution in [2.45, 2.75) is 37.8 Å². The maximum atomic E-state index is 13.6. The smallest absolute Gasteiger partial charge is 0.257 e. The molecule has 3 aromatic carbocycles. The number of fused-ring (bicyclic) bond motifs is 1. The van der Waals surface area contributed by atoms with Gasteiger partial charge in [-0.25, -0.2) is 5.01 Å². The molecule has 2 atom stereocenters. The number of amides is 2. The number of benzene rings is 3. The number of carbonyl (C=O) groups excluding carboxylic acids is 2. The monoisotopic (exact) mass is 458 g/mol. The highest BCUT2D eigenvalue weighted by atomic mass is 16.2. The quantitative estimate of drug-likeness (QED) is 0.517. The van der Waals surface area contributed by atoms with Crippen molar-refractivity contribution >= 4 is 22.6 Å². The van der Waals surface area contributed by atoms with Crippen LogP contribution in [0.2, 0.25) is 0 Å². The summed E-state index contributed by atoms with van der Waals surface area (Å²) >= 11 is 0.